The van der Waals surface area contributed by atoms with Gasteiger partial charge in [-0.05, 0) is 36.0 Å². The van der Waals surface area contributed by atoms with Gasteiger partial charge in [-0.15, -0.1) is 0 Å². The third-order valence-corrected chi connectivity index (χ3v) is 6.33. The highest BCUT2D eigenvalue weighted by molar-refractivity contribution is 5.97. The lowest BCUT2D eigenvalue weighted by atomic mass is 9.55. The summed E-state index contributed by atoms with van der Waals surface area (Å²) in [5.41, 5.74) is 2.49. The van der Waals surface area contributed by atoms with Crippen molar-refractivity contribution in [2.45, 2.75) is 46.1 Å². The molecule has 0 bridgehead atoms. The molecule has 3 unspecified atom stereocenters. The molecule has 3 aliphatic carbocycles. The van der Waals surface area contributed by atoms with Crippen LogP contribution >= 0.6 is 0 Å². The van der Waals surface area contributed by atoms with Crippen LogP contribution in [-0.4, -0.2) is 35.2 Å². The maximum absolute atomic E-state index is 9.15. The Bertz CT molecular complexity index is 386. The zero-order valence-corrected chi connectivity index (χ0v) is 11.0. The molecule has 0 aromatic heterocycles. The third kappa shape index (κ3) is 1.04. The van der Waals surface area contributed by atoms with Gasteiger partial charge in [0.2, 0.25) is 0 Å². The minimum absolute atomic E-state index is 0.0445. The van der Waals surface area contributed by atoms with E-state index in [-0.39, 0.29) is 24.7 Å². The molecule has 0 amide bonds. The summed E-state index contributed by atoms with van der Waals surface area (Å²) in [6.45, 7) is 7.03. The highest BCUT2D eigenvalue weighted by atomic mass is 16.3. The summed E-state index contributed by atoms with van der Waals surface area (Å²) in [5, 5.41) is 18.3. The minimum Gasteiger partial charge on any atom is -0.394 e. The summed E-state index contributed by atoms with van der Waals surface area (Å²) in [5.74, 6) is 0.783. The molecular weight excluding hydrogens is 214 g/mol. The van der Waals surface area contributed by atoms with Crippen LogP contribution in [0.2, 0.25) is 0 Å². The molecule has 3 heteroatoms. The fourth-order valence-corrected chi connectivity index (χ4v) is 5.13. The fraction of sp³-hybridized carbons (Fsp3) is 0.929. The van der Waals surface area contributed by atoms with Gasteiger partial charge in [0.05, 0.1) is 19.3 Å². The second kappa shape index (κ2) is 3.12. The summed E-state index contributed by atoms with van der Waals surface area (Å²) in [7, 11) is 0. The second-order valence-electron chi connectivity index (χ2n) is 6.88. The van der Waals surface area contributed by atoms with Crippen molar-refractivity contribution in [2.75, 3.05) is 13.2 Å². The van der Waals surface area contributed by atoms with Crippen molar-refractivity contribution in [3.63, 3.8) is 0 Å². The van der Waals surface area contributed by atoms with E-state index in [1.807, 2.05) is 0 Å². The number of rotatable bonds is 3. The van der Waals surface area contributed by atoms with Gasteiger partial charge in [0.25, 0.3) is 0 Å². The van der Waals surface area contributed by atoms with E-state index in [1.54, 1.807) is 0 Å². The summed E-state index contributed by atoms with van der Waals surface area (Å²) >= 11 is 0. The Morgan fingerprint density at radius 3 is 2.29 bits per heavy atom. The number of hydrogen-bond donors (Lipinski definition) is 2. The molecule has 3 rings (SSSR count). The normalized spacial score (nSPS) is 47.9. The molecule has 0 heterocycles. The standard InChI is InChI=1S/C14H23NO2/c1-12(2)10-6-11(15-9(7-16)8-17)13(3)4-5-14(10,12)13/h9-10,16-17H,4-8H2,1-3H3. The van der Waals surface area contributed by atoms with Crippen LogP contribution in [0.4, 0.5) is 0 Å². The maximum Gasteiger partial charge on any atom is 0.0960 e. The molecule has 3 atom stereocenters. The van der Waals surface area contributed by atoms with Crippen LogP contribution in [0.3, 0.4) is 0 Å². The van der Waals surface area contributed by atoms with E-state index in [4.69, 9.17) is 10.2 Å². The van der Waals surface area contributed by atoms with Gasteiger partial charge in [-0.3, -0.25) is 4.99 Å². The lowest BCUT2D eigenvalue weighted by Crippen LogP contribution is -2.46. The summed E-state index contributed by atoms with van der Waals surface area (Å²) < 4.78 is 0. The monoisotopic (exact) mass is 237 g/mol. The molecule has 0 aromatic carbocycles. The molecule has 3 aliphatic rings. The van der Waals surface area contributed by atoms with Crippen molar-refractivity contribution in [1.82, 2.24) is 0 Å². The third-order valence-electron chi connectivity index (χ3n) is 6.33. The molecule has 17 heavy (non-hydrogen) atoms. The first-order valence-electron chi connectivity index (χ1n) is 6.73. The van der Waals surface area contributed by atoms with E-state index in [9.17, 15) is 0 Å². The lowest BCUT2D eigenvalue weighted by Gasteiger charge is -2.49. The predicted molar refractivity (Wildman–Crippen MR) is 67.1 cm³/mol. The van der Waals surface area contributed by atoms with Gasteiger partial charge in [0, 0.05) is 11.1 Å². The Balaban J connectivity index is 1.89. The van der Waals surface area contributed by atoms with Crippen LogP contribution in [0.25, 0.3) is 0 Å². The average molecular weight is 237 g/mol. The molecular formula is C14H23NO2. The maximum atomic E-state index is 9.15. The average Bonchev–Trinajstić information content (AvgIpc) is 2.73. The number of aliphatic imine (C=N–C) groups is 1. The molecule has 0 aromatic rings. The van der Waals surface area contributed by atoms with Gasteiger partial charge in [0.15, 0.2) is 0 Å². The molecule has 0 radical (unpaired) electrons. The molecule has 3 fully saturated rings. The van der Waals surface area contributed by atoms with E-state index in [0.717, 1.165) is 12.3 Å². The number of nitrogens with zero attached hydrogens (tertiary/aromatic N) is 1. The molecule has 0 aliphatic heterocycles. The topological polar surface area (TPSA) is 52.8 Å². The van der Waals surface area contributed by atoms with Crippen molar-refractivity contribution in [3.8, 4) is 0 Å². The van der Waals surface area contributed by atoms with Gasteiger partial charge in [-0.1, -0.05) is 20.8 Å². The molecule has 3 nitrogen and oxygen atoms in total. The molecule has 3 saturated carbocycles. The zero-order valence-electron chi connectivity index (χ0n) is 11.0. The number of aliphatic hydroxyl groups excluding tert-OH is 2. The van der Waals surface area contributed by atoms with Crippen molar-refractivity contribution in [3.05, 3.63) is 0 Å². The lowest BCUT2D eigenvalue weighted by molar-refractivity contribution is 0.0658. The van der Waals surface area contributed by atoms with E-state index >= 15 is 0 Å². The van der Waals surface area contributed by atoms with Gasteiger partial charge < -0.3 is 10.2 Å². The zero-order chi connectivity index (χ0) is 12.5. The van der Waals surface area contributed by atoms with E-state index in [1.165, 1.54) is 18.6 Å². The highest BCUT2D eigenvalue weighted by Crippen LogP contribution is 2.89. The summed E-state index contributed by atoms with van der Waals surface area (Å²) in [6.07, 6.45) is 3.65. The van der Waals surface area contributed by atoms with E-state index < -0.39 is 0 Å². The van der Waals surface area contributed by atoms with Crippen LogP contribution in [-0.2, 0) is 0 Å². The van der Waals surface area contributed by atoms with E-state index in [0.29, 0.717) is 10.8 Å². The number of aliphatic hydroxyl groups is 2. The Morgan fingerprint density at radius 1 is 1.24 bits per heavy atom. The van der Waals surface area contributed by atoms with Crippen molar-refractivity contribution < 1.29 is 10.2 Å². The quantitative estimate of drug-likeness (QED) is 0.784. The minimum atomic E-state index is -0.305. The van der Waals surface area contributed by atoms with Gasteiger partial charge in [-0.2, -0.15) is 0 Å². The first-order chi connectivity index (χ1) is 7.94. The first kappa shape index (κ1) is 11.7. The van der Waals surface area contributed by atoms with Crippen molar-refractivity contribution >= 4 is 5.71 Å². The Kier molecular flexibility index (Phi) is 2.14. The molecule has 2 N–H and O–H groups in total. The molecule has 0 saturated heterocycles. The van der Waals surface area contributed by atoms with Crippen LogP contribution in [0.15, 0.2) is 4.99 Å². The van der Waals surface area contributed by atoms with Crippen molar-refractivity contribution in [2.24, 2.45) is 27.2 Å². The summed E-state index contributed by atoms with van der Waals surface area (Å²) in [6, 6.07) is -0.305. The van der Waals surface area contributed by atoms with Gasteiger partial charge in [0.1, 0.15) is 0 Å². The Labute approximate surface area is 103 Å². The van der Waals surface area contributed by atoms with Crippen LogP contribution < -0.4 is 0 Å². The van der Waals surface area contributed by atoms with Gasteiger partial charge >= 0.3 is 0 Å². The van der Waals surface area contributed by atoms with E-state index in [2.05, 4.69) is 25.8 Å². The van der Waals surface area contributed by atoms with Crippen LogP contribution in [0, 0.1) is 22.2 Å². The smallest absolute Gasteiger partial charge is 0.0960 e. The second-order valence-corrected chi connectivity index (χ2v) is 6.88. The predicted octanol–water partition coefficient (Wildman–Crippen LogP) is 1.63. The number of hydrogen-bond acceptors (Lipinski definition) is 3. The first-order valence-corrected chi connectivity index (χ1v) is 6.73. The molecule has 96 valence electrons. The van der Waals surface area contributed by atoms with Crippen molar-refractivity contribution in [1.29, 1.82) is 0 Å². The van der Waals surface area contributed by atoms with Crippen LogP contribution in [0.1, 0.15) is 40.0 Å². The Hall–Kier alpha value is -0.410. The summed E-state index contributed by atoms with van der Waals surface area (Å²) in [4.78, 5) is 4.62. The van der Waals surface area contributed by atoms with Gasteiger partial charge in [-0.25, -0.2) is 0 Å². The fourth-order valence-electron chi connectivity index (χ4n) is 5.13. The molecule has 1 spiro atoms. The highest BCUT2D eigenvalue weighted by Gasteiger charge is 2.85. The Morgan fingerprint density at radius 2 is 1.88 bits per heavy atom. The largest absolute Gasteiger partial charge is 0.394 e. The van der Waals surface area contributed by atoms with Crippen LogP contribution in [0.5, 0.6) is 0 Å². The SMILES string of the molecule is CC12CCC13C(CC2=NC(CO)CO)C3(C)C.